The summed E-state index contributed by atoms with van der Waals surface area (Å²) < 4.78 is 31.1. The van der Waals surface area contributed by atoms with Crippen LogP contribution in [-0.2, 0) is 11.2 Å². The van der Waals surface area contributed by atoms with E-state index in [1.165, 1.54) is 12.1 Å². The van der Waals surface area contributed by atoms with Gasteiger partial charge in [0.1, 0.15) is 11.6 Å². The molecule has 0 spiro atoms. The minimum absolute atomic E-state index is 0.0878. The molecule has 18 heavy (non-hydrogen) atoms. The zero-order valence-electron chi connectivity index (χ0n) is 10.9. The van der Waals surface area contributed by atoms with E-state index in [0.29, 0.717) is 18.8 Å². The third-order valence-corrected chi connectivity index (χ3v) is 3.53. The molecule has 0 saturated carbocycles. The maximum atomic E-state index is 13.0. The quantitative estimate of drug-likeness (QED) is 0.898. The van der Waals surface area contributed by atoms with Crippen molar-refractivity contribution in [1.82, 2.24) is 4.31 Å². The molecule has 4 nitrogen and oxygen atoms in total. The average molecular weight is 274 g/mol. The standard InChI is InChI=1S/C10H13FN2O2S.C2H6/c1-13(16(12)14)9-4-5-15-10-6-7(11)2-3-8(9)10;1-2/h2-3,6,9H,4-5,12H2,1H3;1-2H3. The predicted molar refractivity (Wildman–Crippen MR) is 70.7 cm³/mol. The molecule has 0 aliphatic carbocycles. The predicted octanol–water partition coefficient (Wildman–Crippen LogP) is 2.14. The lowest BCUT2D eigenvalue weighted by molar-refractivity contribution is 0.223. The van der Waals surface area contributed by atoms with Gasteiger partial charge in [-0.2, -0.15) is 0 Å². The molecule has 1 heterocycles. The van der Waals surface area contributed by atoms with Crippen LogP contribution in [-0.4, -0.2) is 22.2 Å². The topological polar surface area (TPSA) is 55.6 Å². The van der Waals surface area contributed by atoms with Crippen molar-refractivity contribution in [2.75, 3.05) is 13.7 Å². The fraction of sp³-hybridized carbons (Fsp3) is 0.500. The summed E-state index contributed by atoms with van der Waals surface area (Å²) in [5, 5.41) is 5.34. The molecular formula is C12H19FN2O2S. The van der Waals surface area contributed by atoms with Crippen molar-refractivity contribution < 1.29 is 13.3 Å². The fourth-order valence-electron chi connectivity index (χ4n) is 1.85. The Labute approximate surface area is 110 Å². The van der Waals surface area contributed by atoms with Crippen molar-refractivity contribution in [2.24, 2.45) is 5.14 Å². The van der Waals surface area contributed by atoms with Crippen LogP contribution in [0.3, 0.4) is 0 Å². The summed E-state index contributed by atoms with van der Waals surface area (Å²) in [6.45, 7) is 4.47. The highest BCUT2D eigenvalue weighted by atomic mass is 32.2. The Morgan fingerprint density at radius 3 is 2.78 bits per heavy atom. The van der Waals surface area contributed by atoms with Gasteiger partial charge in [-0.05, 0) is 6.07 Å². The summed E-state index contributed by atoms with van der Waals surface area (Å²) in [6.07, 6.45) is 0.693. The molecule has 0 bridgehead atoms. The third-order valence-electron chi connectivity index (χ3n) is 2.71. The van der Waals surface area contributed by atoms with Gasteiger partial charge in [-0.3, -0.25) is 0 Å². The molecule has 1 aromatic carbocycles. The zero-order valence-corrected chi connectivity index (χ0v) is 11.7. The second-order valence-electron chi connectivity index (χ2n) is 3.66. The summed E-state index contributed by atoms with van der Waals surface area (Å²) >= 11 is -1.54. The third kappa shape index (κ3) is 3.28. The summed E-state index contributed by atoms with van der Waals surface area (Å²) in [5.74, 6) is 0.171. The van der Waals surface area contributed by atoms with Crippen molar-refractivity contribution in [3.05, 3.63) is 29.6 Å². The lowest BCUT2D eigenvalue weighted by Crippen LogP contribution is -2.34. The molecule has 6 heteroatoms. The monoisotopic (exact) mass is 274 g/mol. The van der Waals surface area contributed by atoms with Crippen LogP contribution >= 0.6 is 0 Å². The van der Waals surface area contributed by atoms with E-state index in [-0.39, 0.29) is 11.9 Å². The Hall–Kier alpha value is -0.980. The molecule has 1 aliphatic rings. The van der Waals surface area contributed by atoms with Gasteiger partial charge in [-0.1, -0.05) is 19.9 Å². The Morgan fingerprint density at radius 2 is 2.17 bits per heavy atom. The van der Waals surface area contributed by atoms with E-state index < -0.39 is 11.2 Å². The Bertz CT molecular complexity index is 429. The van der Waals surface area contributed by atoms with E-state index in [9.17, 15) is 8.60 Å². The van der Waals surface area contributed by atoms with E-state index in [1.807, 2.05) is 13.8 Å². The van der Waals surface area contributed by atoms with Crippen LogP contribution in [0.25, 0.3) is 0 Å². The molecule has 1 aliphatic heterocycles. The van der Waals surface area contributed by atoms with Gasteiger partial charge in [0.05, 0.1) is 12.6 Å². The summed E-state index contributed by atoms with van der Waals surface area (Å²) in [6, 6.07) is 4.27. The molecule has 102 valence electrons. The SMILES string of the molecule is CC.CN(C1CCOc2cc(F)ccc21)S(N)=O. The normalized spacial score (nSPS) is 19.3. The van der Waals surface area contributed by atoms with Crippen LogP contribution in [0.4, 0.5) is 4.39 Å². The number of ether oxygens (including phenoxy) is 1. The minimum atomic E-state index is -1.54. The summed E-state index contributed by atoms with van der Waals surface area (Å²) in [5.41, 5.74) is 0.828. The second-order valence-corrected chi connectivity index (χ2v) is 4.79. The Morgan fingerprint density at radius 1 is 1.50 bits per heavy atom. The number of fused-ring (bicyclic) bond motifs is 1. The van der Waals surface area contributed by atoms with Gasteiger partial charge in [0, 0.05) is 25.1 Å². The first-order valence-electron chi connectivity index (χ1n) is 5.91. The molecule has 0 amide bonds. The molecule has 1 aromatic rings. The van der Waals surface area contributed by atoms with Crippen LogP contribution in [0, 0.1) is 5.82 Å². The van der Waals surface area contributed by atoms with Crippen molar-refractivity contribution in [3.63, 3.8) is 0 Å². The van der Waals surface area contributed by atoms with Gasteiger partial charge in [-0.25, -0.2) is 18.0 Å². The largest absolute Gasteiger partial charge is 0.493 e. The lowest BCUT2D eigenvalue weighted by Gasteiger charge is -2.30. The zero-order chi connectivity index (χ0) is 13.7. The number of benzene rings is 1. The number of hydrogen-bond donors (Lipinski definition) is 1. The number of hydrogen-bond acceptors (Lipinski definition) is 2. The van der Waals surface area contributed by atoms with Gasteiger partial charge in [-0.15, -0.1) is 0 Å². The fourth-order valence-corrected chi connectivity index (χ4v) is 2.32. The molecular weight excluding hydrogens is 255 g/mol. The molecule has 0 radical (unpaired) electrons. The molecule has 0 fully saturated rings. The van der Waals surface area contributed by atoms with Crippen LogP contribution < -0.4 is 9.88 Å². The number of nitrogens with two attached hydrogens (primary N) is 1. The molecule has 2 rings (SSSR count). The highest BCUT2D eigenvalue weighted by Gasteiger charge is 2.27. The average Bonchev–Trinajstić information content (AvgIpc) is 2.39. The Balaban J connectivity index is 0.000000771. The second kappa shape index (κ2) is 6.82. The van der Waals surface area contributed by atoms with Gasteiger partial charge in [0.2, 0.25) is 0 Å². The van der Waals surface area contributed by atoms with Gasteiger partial charge in [0.25, 0.3) is 0 Å². The molecule has 2 N–H and O–H groups in total. The highest BCUT2D eigenvalue weighted by Crippen LogP contribution is 2.35. The number of halogens is 1. The highest BCUT2D eigenvalue weighted by molar-refractivity contribution is 7.80. The smallest absolute Gasteiger partial charge is 0.167 e. The maximum Gasteiger partial charge on any atom is 0.167 e. The molecule has 0 saturated heterocycles. The maximum absolute atomic E-state index is 13.0. The van der Waals surface area contributed by atoms with Crippen LogP contribution in [0.2, 0.25) is 0 Å². The van der Waals surface area contributed by atoms with Gasteiger partial charge in [0.15, 0.2) is 11.2 Å². The first-order chi connectivity index (χ1) is 8.59. The van der Waals surface area contributed by atoms with Gasteiger partial charge >= 0.3 is 0 Å². The summed E-state index contributed by atoms with van der Waals surface area (Å²) in [4.78, 5) is 0. The van der Waals surface area contributed by atoms with E-state index >= 15 is 0 Å². The molecule has 2 atom stereocenters. The van der Waals surface area contributed by atoms with Crippen LogP contribution in [0.5, 0.6) is 5.75 Å². The molecule has 0 aromatic heterocycles. The van der Waals surface area contributed by atoms with E-state index in [0.717, 1.165) is 5.56 Å². The van der Waals surface area contributed by atoms with Crippen molar-refractivity contribution in [2.45, 2.75) is 26.3 Å². The van der Waals surface area contributed by atoms with Crippen molar-refractivity contribution in [3.8, 4) is 5.75 Å². The van der Waals surface area contributed by atoms with E-state index in [2.05, 4.69) is 0 Å². The summed E-state index contributed by atoms with van der Waals surface area (Å²) in [7, 11) is 1.68. The lowest BCUT2D eigenvalue weighted by atomic mass is 10.0. The van der Waals surface area contributed by atoms with Gasteiger partial charge < -0.3 is 4.74 Å². The van der Waals surface area contributed by atoms with E-state index in [1.54, 1.807) is 17.4 Å². The molecule has 2 unspecified atom stereocenters. The van der Waals surface area contributed by atoms with Crippen LogP contribution in [0.15, 0.2) is 18.2 Å². The van der Waals surface area contributed by atoms with Crippen molar-refractivity contribution >= 4 is 11.2 Å². The number of rotatable bonds is 2. The Kier molecular flexibility index (Phi) is 5.71. The number of nitrogens with zero attached hydrogens (tertiary/aromatic N) is 1. The van der Waals surface area contributed by atoms with E-state index in [4.69, 9.17) is 9.88 Å². The minimum Gasteiger partial charge on any atom is -0.493 e. The first kappa shape index (κ1) is 15.1. The van der Waals surface area contributed by atoms with Crippen molar-refractivity contribution in [1.29, 1.82) is 0 Å². The first-order valence-corrected chi connectivity index (χ1v) is 7.08. The van der Waals surface area contributed by atoms with Crippen LogP contribution in [0.1, 0.15) is 31.9 Å².